The molecule has 0 bridgehead atoms. The van der Waals surface area contributed by atoms with E-state index in [9.17, 15) is 9.59 Å². The maximum absolute atomic E-state index is 11.3. The Kier molecular flexibility index (Phi) is 5.50. The Bertz CT molecular complexity index is 449. The number of rotatable bonds is 8. The normalized spacial score (nSPS) is 11.4. The molecule has 0 saturated carbocycles. The highest BCUT2D eigenvalue weighted by Crippen LogP contribution is 2.10. The first-order valence-corrected chi connectivity index (χ1v) is 6.26. The van der Waals surface area contributed by atoms with Gasteiger partial charge in [0.15, 0.2) is 0 Å². The smallest absolute Gasteiger partial charge is 0.249 e. The first-order chi connectivity index (χ1) is 8.49. The van der Waals surface area contributed by atoms with Gasteiger partial charge in [0.05, 0.1) is 18.9 Å². The predicted molar refractivity (Wildman–Crippen MR) is 73.4 cm³/mol. The zero-order valence-corrected chi connectivity index (χ0v) is 11.7. The van der Waals surface area contributed by atoms with Crippen LogP contribution in [-0.2, 0) is 4.74 Å². The van der Waals surface area contributed by atoms with Gasteiger partial charge >= 0.3 is 0 Å². The number of anilines is 1. The fraction of sp³-hybridized carbons (Fsp3) is 0.692. The van der Waals surface area contributed by atoms with Crippen LogP contribution in [0.2, 0.25) is 0 Å². The molecule has 0 aromatic heterocycles. The van der Waals surface area contributed by atoms with Crippen LogP contribution in [0.25, 0.3) is 0 Å². The molecule has 5 nitrogen and oxygen atoms in total. The van der Waals surface area contributed by atoms with Crippen LogP contribution < -0.4 is 15.8 Å². The van der Waals surface area contributed by atoms with Crippen LogP contribution in [0.15, 0.2) is 9.59 Å². The molecule has 0 amide bonds. The Morgan fingerprint density at radius 1 is 1.06 bits per heavy atom. The van der Waals surface area contributed by atoms with E-state index in [-0.39, 0.29) is 10.9 Å². The van der Waals surface area contributed by atoms with Crippen LogP contribution >= 0.6 is 0 Å². The Balaban J connectivity index is 2.25. The summed E-state index contributed by atoms with van der Waals surface area (Å²) in [6.45, 7) is 7.57. The third-order valence-corrected chi connectivity index (χ3v) is 3.23. The molecule has 1 aromatic rings. The van der Waals surface area contributed by atoms with Crippen LogP contribution in [0.1, 0.15) is 12.5 Å². The van der Waals surface area contributed by atoms with Crippen molar-refractivity contribution < 1.29 is 4.74 Å². The molecule has 0 unspecified atom stereocenters. The molecule has 0 aliphatic heterocycles. The van der Waals surface area contributed by atoms with Gasteiger partial charge in [0.2, 0.25) is 10.9 Å². The summed E-state index contributed by atoms with van der Waals surface area (Å²) in [4.78, 5) is 26.4. The maximum Gasteiger partial charge on any atom is 0.249 e. The molecule has 5 heteroatoms. The first-order valence-electron chi connectivity index (χ1n) is 6.26. The van der Waals surface area contributed by atoms with Crippen LogP contribution in [0.3, 0.4) is 0 Å². The van der Waals surface area contributed by atoms with Crippen molar-refractivity contribution in [2.24, 2.45) is 0 Å². The molecule has 1 rings (SSSR count). The summed E-state index contributed by atoms with van der Waals surface area (Å²) in [5.41, 5.74) is 0.366. The summed E-state index contributed by atoms with van der Waals surface area (Å²) in [6.07, 6.45) is 0. The van der Waals surface area contributed by atoms with E-state index in [1.165, 1.54) is 0 Å². The van der Waals surface area contributed by atoms with Crippen molar-refractivity contribution >= 4 is 5.69 Å². The van der Waals surface area contributed by atoms with E-state index in [2.05, 4.69) is 11.8 Å². The quantitative estimate of drug-likeness (QED) is 0.482. The van der Waals surface area contributed by atoms with Gasteiger partial charge in [-0.05, 0) is 20.5 Å². The van der Waals surface area contributed by atoms with Gasteiger partial charge in [0.25, 0.3) is 0 Å². The molecule has 0 fully saturated rings. The van der Waals surface area contributed by atoms with Gasteiger partial charge in [-0.2, -0.15) is 0 Å². The van der Waals surface area contributed by atoms with E-state index in [1.54, 1.807) is 11.8 Å². The minimum Gasteiger partial charge on any atom is -0.378 e. The van der Waals surface area contributed by atoms with Crippen LogP contribution in [0, 0.1) is 6.92 Å². The molecular weight excluding hydrogens is 232 g/mol. The molecule has 0 radical (unpaired) electrons. The van der Waals surface area contributed by atoms with Crippen molar-refractivity contribution in [1.82, 2.24) is 4.90 Å². The minimum absolute atomic E-state index is 0.359. The van der Waals surface area contributed by atoms with E-state index in [4.69, 9.17) is 4.74 Å². The molecule has 0 aliphatic rings. The molecule has 18 heavy (non-hydrogen) atoms. The van der Waals surface area contributed by atoms with E-state index in [1.807, 2.05) is 14.1 Å². The van der Waals surface area contributed by atoms with Gasteiger partial charge in [0.1, 0.15) is 0 Å². The summed E-state index contributed by atoms with van der Waals surface area (Å²) in [7, 11) is 3.85. The first kappa shape index (κ1) is 14.9. The van der Waals surface area contributed by atoms with Gasteiger partial charge < -0.3 is 14.5 Å². The molecular formula is C13H22N2O3. The van der Waals surface area contributed by atoms with Crippen molar-refractivity contribution in [2.75, 3.05) is 51.8 Å². The van der Waals surface area contributed by atoms with E-state index in [0.29, 0.717) is 31.0 Å². The molecule has 0 N–H and O–H groups in total. The highest BCUT2D eigenvalue weighted by Gasteiger charge is 2.19. The number of nitrogens with zero attached hydrogens (tertiary/aromatic N) is 2. The average molecular weight is 254 g/mol. The standard InChI is InChI=1S/C13H22N2O3/c1-5-14(3)6-8-18-9-7-15(4)11-10(2)12(16)13(11)17/h5-9H2,1-4H3. The van der Waals surface area contributed by atoms with Crippen molar-refractivity contribution in [3.8, 4) is 0 Å². The molecule has 0 spiro atoms. The lowest BCUT2D eigenvalue weighted by Gasteiger charge is -2.22. The molecule has 102 valence electrons. The number of hydrogen-bond donors (Lipinski definition) is 0. The third-order valence-electron chi connectivity index (χ3n) is 3.23. The second kappa shape index (κ2) is 6.66. The van der Waals surface area contributed by atoms with Crippen molar-refractivity contribution in [3.63, 3.8) is 0 Å². The summed E-state index contributed by atoms with van der Waals surface area (Å²) in [5, 5.41) is 0. The lowest BCUT2D eigenvalue weighted by atomic mass is 10.1. The van der Waals surface area contributed by atoms with Gasteiger partial charge in [-0.1, -0.05) is 6.92 Å². The van der Waals surface area contributed by atoms with Crippen molar-refractivity contribution in [2.45, 2.75) is 13.8 Å². The zero-order chi connectivity index (χ0) is 13.7. The molecule has 0 saturated heterocycles. The fourth-order valence-corrected chi connectivity index (χ4v) is 1.75. The molecule has 1 aromatic carbocycles. The van der Waals surface area contributed by atoms with E-state index < -0.39 is 0 Å². The second-order valence-electron chi connectivity index (χ2n) is 4.56. The molecule has 0 aliphatic carbocycles. The average Bonchev–Trinajstić information content (AvgIpc) is 2.37. The van der Waals surface area contributed by atoms with Crippen LogP contribution in [0.5, 0.6) is 0 Å². The summed E-state index contributed by atoms with van der Waals surface area (Å²) in [6, 6.07) is 0. The maximum atomic E-state index is 11.3. The van der Waals surface area contributed by atoms with Gasteiger partial charge in [0, 0.05) is 25.7 Å². The molecule has 0 heterocycles. The Morgan fingerprint density at radius 2 is 1.67 bits per heavy atom. The summed E-state index contributed by atoms with van der Waals surface area (Å²) < 4.78 is 5.49. The highest BCUT2D eigenvalue weighted by atomic mass is 16.5. The van der Waals surface area contributed by atoms with Crippen LogP contribution in [-0.4, -0.2) is 51.8 Å². The molecule has 0 atom stereocenters. The Morgan fingerprint density at radius 3 is 2.22 bits per heavy atom. The lowest BCUT2D eigenvalue weighted by molar-refractivity contribution is 0.118. The third kappa shape index (κ3) is 3.40. The zero-order valence-electron chi connectivity index (χ0n) is 11.7. The Labute approximate surface area is 108 Å². The fourth-order valence-electron chi connectivity index (χ4n) is 1.75. The number of ether oxygens (including phenoxy) is 1. The summed E-state index contributed by atoms with van der Waals surface area (Å²) >= 11 is 0. The van der Waals surface area contributed by atoms with Gasteiger partial charge in [-0.3, -0.25) is 9.59 Å². The largest absolute Gasteiger partial charge is 0.378 e. The van der Waals surface area contributed by atoms with Gasteiger partial charge in [-0.15, -0.1) is 0 Å². The number of hydrogen-bond acceptors (Lipinski definition) is 5. The SMILES string of the molecule is CCN(C)CCOCCN(C)c1c(C)c(=O)c1=O. The monoisotopic (exact) mass is 254 g/mol. The lowest BCUT2D eigenvalue weighted by Crippen LogP contribution is -2.42. The van der Waals surface area contributed by atoms with E-state index >= 15 is 0 Å². The Hall–Kier alpha value is -1.20. The minimum atomic E-state index is -0.374. The van der Waals surface area contributed by atoms with Gasteiger partial charge in [-0.25, -0.2) is 0 Å². The predicted octanol–water partition coefficient (Wildman–Crippen LogP) is -0.00448. The topological polar surface area (TPSA) is 49.9 Å². The van der Waals surface area contributed by atoms with Crippen molar-refractivity contribution in [3.05, 3.63) is 26.0 Å². The second-order valence-corrected chi connectivity index (χ2v) is 4.56. The van der Waals surface area contributed by atoms with E-state index in [0.717, 1.165) is 13.1 Å². The number of likely N-dealkylation sites (N-methyl/N-ethyl adjacent to an activating group) is 2. The highest BCUT2D eigenvalue weighted by molar-refractivity contribution is 5.57. The van der Waals surface area contributed by atoms with Crippen LogP contribution in [0.4, 0.5) is 5.69 Å². The van der Waals surface area contributed by atoms with Crippen molar-refractivity contribution in [1.29, 1.82) is 0 Å². The summed E-state index contributed by atoms with van der Waals surface area (Å²) in [5.74, 6) is 0.